The predicted octanol–water partition coefficient (Wildman–Crippen LogP) is 0.762. The fourth-order valence-electron chi connectivity index (χ4n) is 2.42. The van der Waals surface area contributed by atoms with E-state index < -0.39 is 0 Å². The third kappa shape index (κ3) is 2.49. The van der Waals surface area contributed by atoms with Crippen molar-refractivity contribution in [2.24, 2.45) is 12.8 Å². The Balaban J connectivity index is 2.03. The third-order valence-electron chi connectivity index (χ3n) is 3.65. The van der Waals surface area contributed by atoms with E-state index in [0.717, 1.165) is 25.7 Å². The predicted molar refractivity (Wildman–Crippen MR) is 65.5 cm³/mol. The average Bonchev–Trinajstić information content (AvgIpc) is 2.74. The van der Waals surface area contributed by atoms with Gasteiger partial charge in [0.05, 0.1) is 0 Å². The quantitative estimate of drug-likeness (QED) is 0.824. The van der Waals surface area contributed by atoms with Crippen LogP contribution < -0.4 is 5.73 Å². The fourth-order valence-corrected chi connectivity index (χ4v) is 2.42. The minimum Gasteiger partial charge on any atom is -0.337 e. The number of hydrogen-bond acceptors (Lipinski definition) is 3. The lowest BCUT2D eigenvalue weighted by atomic mass is 9.91. The Bertz CT molecular complexity index is 393. The molecule has 0 aromatic carbocycles. The molecule has 5 heteroatoms. The van der Waals surface area contributed by atoms with Gasteiger partial charge in [-0.1, -0.05) is 0 Å². The minimum absolute atomic E-state index is 0.0467. The second-order valence-electron chi connectivity index (χ2n) is 4.82. The first-order valence-corrected chi connectivity index (χ1v) is 6.10. The zero-order valence-electron chi connectivity index (χ0n) is 10.5. The SMILES string of the molecule is CN(C(=O)c1ccnn1C)C1CCC(N)CC1. The first-order chi connectivity index (χ1) is 8.09. The van der Waals surface area contributed by atoms with Crippen LogP contribution in [0.1, 0.15) is 36.2 Å². The lowest BCUT2D eigenvalue weighted by molar-refractivity contribution is 0.0679. The standard InChI is InChI=1S/C12H20N4O/c1-15(10-5-3-9(13)4-6-10)12(17)11-7-8-14-16(11)2/h7-10H,3-6,13H2,1-2H3. The summed E-state index contributed by atoms with van der Waals surface area (Å²) in [6.07, 6.45) is 5.67. The Morgan fingerprint density at radius 2 is 2.12 bits per heavy atom. The van der Waals surface area contributed by atoms with E-state index in [9.17, 15) is 4.79 Å². The highest BCUT2D eigenvalue weighted by Crippen LogP contribution is 2.22. The summed E-state index contributed by atoms with van der Waals surface area (Å²) in [4.78, 5) is 14.1. The van der Waals surface area contributed by atoms with E-state index >= 15 is 0 Å². The maximum absolute atomic E-state index is 12.2. The highest BCUT2D eigenvalue weighted by molar-refractivity contribution is 5.92. The van der Waals surface area contributed by atoms with Crippen LogP contribution in [0.2, 0.25) is 0 Å². The molecule has 94 valence electrons. The molecule has 1 aromatic heterocycles. The molecule has 0 radical (unpaired) electrons. The van der Waals surface area contributed by atoms with Crippen LogP contribution in [-0.2, 0) is 7.05 Å². The number of aryl methyl sites for hydroxylation is 1. The third-order valence-corrected chi connectivity index (χ3v) is 3.65. The van der Waals surface area contributed by atoms with Gasteiger partial charge < -0.3 is 10.6 Å². The van der Waals surface area contributed by atoms with Gasteiger partial charge in [-0.05, 0) is 31.7 Å². The summed E-state index contributed by atoms with van der Waals surface area (Å²) in [5, 5.41) is 4.03. The van der Waals surface area contributed by atoms with Crippen LogP contribution in [0, 0.1) is 0 Å². The van der Waals surface area contributed by atoms with Crippen molar-refractivity contribution in [1.82, 2.24) is 14.7 Å². The van der Waals surface area contributed by atoms with Crippen molar-refractivity contribution in [2.75, 3.05) is 7.05 Å². The molecular weight excluding hydrogens is 216 g/mol. The van der Waals surface area contributed by atoms with Gasteiger partial charge in [-0.25, -0.2) is 0 Å². The molecule has 0 atom stereocenters. The Morgan fingerprint density at radius 3 is 2.65 bits per heavy atom. The normalized spacial score (nSPS) is 24.6. The summed E-state index contributed by atoms with van der Waals surface area (Å²) in [7, 11) is 3.66. The summed E-state index contributed by atoms with van der Waals surface area (Å²) in [6, 6.07) is 2.39. The van der Waals surface area contributed by atoms with Gasteiger partial charge in [0.15, 0.2) is 0 Å². The molecular formula is C12H20N4O. The van der Waals surface area contributed by atoms with Crippen molar-refractivity contribution in [3.8, 4) is 0 Å². The first-order valence-electron chi connectivity index (χ1n) is 6.10. The molecule has 1 heterocycles. The lowest BCUT2D eigenvalue weighted by Crippen LogP contribution is -2.42. The first kappa shape index (κ1) is 12.1. The largest absolute Gasteiger partial charge is 0.337 e. The van der Waals surface area contributed by atoms with E-state index in [1.54, 1.807) is 24.0 Å². The molecule has 1 fully saturated rings. The number of rotatable bonds is 2. The zero-order valence-corrected chi connectivity index (χ0v) is 10.5. The summed E-state index contributed by atoms with van der Waals surface area (Å²) >= 11 is 0. The Morgan fingerprint density at radius 1 is 1.47 bits per heavy atom. The van der Waals surface area contributed by atoms with Crippen molar-refractivity contribution >= 4 is 5.91 Å². The maximum Gasteiger partial charge on any atom is 0.272 e. The monoisotopic (exact) mass is 236 g/mol. The molecule has 17 heavy (non-hydrogen) atoms. The van der Waals surface area contributed by atoms with Crippen LogP contribution in [-0.4, -0.2) is 39.7 Å². The van der Waals surface area contributed by atoms with Crippen LogP contribution >= 0.6 is 0 Å². The molecule has 0 bridgehead atoms. The molecule has 2 rings (SSSR count). The maximum atomic E-state index is 12.2. The second-order valence-corrected chi connectivity index (χ2v) is 4.82. The number of aromatic nitrogens is 2. The van der Waals surface area contributed by atoms with Crippen LogP contribution in [0.15, 0.2) is 12.3 Å². The van der Waals surface area contributed by atoms with Gasteiger partial charge in [0, 0.05) is 32.4 Å². The van der Waals surface area contributed by atoms with Gasteiger partial charge in [0.2, 0.25) is 0 Å². The number of nitrogens with zero attached hydrogens (tertiary/aromatic N) is 3. The molecule has 1 aliphatic rings. The average molecular weight is 236 g/mol. The zero-order chi connectivity index (χ0) is 12.4. The smallest absolute Gasteiger partial charge is 0.272 e. The van der Waals surface area contributed by atoms with Crippen LogP contribution in [0.3, 0.4) is 0 Å². The topological polar surface area (TPSA) is 64.2 Å². The van der Waals surface area contributed by atoms with E-state index in [1.807, 2.05) is 11.9 Å². The Labute approximate surface area is 102 Å². The minimum atomic E-state index is 0.0467. The van der Waals surface area contributed by atoms with E-state index in [2.05, 4.69) is 5.10 Å². The van der Waals surface area contributed by atoms with Crippen molar-refractivity contribution in [3.05, 3.63) is 18.0 Å². The highest BCUT2D eigenvalue weighted by Gasteiger charge is 2.26. The van der Waals surface area contributed by atoms with Gasteiger partial charge in [-0.2, -0.15) is 5.10 Å². The van der Waals surface area contributed by atoms with E-state index in [4.69, 9.17) is 5.73 Å². The van der Waals surface area contributed by atoms with Crippen molar-refractivity contribution < 1.29 is 4.79 Å². The van der Waals surface area contributed by atoms with E-state index in [0.29, 0.717) is 17.8 Å². The fraction of sp³-hybridized carbons (Fsp3) is 0.667. The van der Waals surface area contributed by atoms with Crippen molar-refractivity contribution in [2.45, 2.75) is 37.8 Å². The molecule has 5 nitrogen and oxygen atoms in total. The Kier molecular flexibility index (Phi) is 3.47. The number of amides is 1. The number of carbonyl (C=O) groups excluding carboxylic acids is 1. The molecule has 1 aliphatic carbocycles. The molecule has 2 N–H and O–H groups in total. The van der Waals surface area contributed by atoms with Gasteiger partial charge >= 0.3 is 0 Å². The van der Waals surface area contributed by atoms with Gasteiger partial charge in [-0.15, -0.1) is 0 Å². The molecule has 0 saturated heterocycles. The number of nitrogens with two attached hydrogens (primary N) is 1. The van der Waals surface area contributed by atoms with Gasteiger partial charge in [-0.3, -0.25) is 9.48 Å². The van der Waals surface area contributed by atoms with Gasteiger partial charge in [0.25, 0.3) is 5.91 Å². The molecule has 0 aliphatic heterocycles. The molecule has 1 aromatic rings. The summed E-state index contributed by atoms with van der Waals surface area (Å²) < 4.78 is 1.62. The second kappa shape index (κ2) is 4.87. The highest BCUT2D eigenvalue weighted by atomic mass is 16.2. The summed E-state index contributed by atoms with van der Waals surface area (Å²) in [5.74, 6) is 0.0467. The molecule has 1 saturated carbocycles. The molecule has 1 amide bonds. The van der Waals surface area contributed by atoms with Crippen molar-refractivity contribution in [1.29, 1.82) is 0 Å². The summed E-state index contributed by atoms with van der Waals surface area (Å²) in [6.45, 7) is 0. The molecule has 0 unspecified atom stereocenters. The van der Waals surface area contributed by atoms with E-state index in [-0.39, 0.29) is 5.91 Å². The molecule has 0 spiro atoms. The lowest BCUT2D eigenvalue weighted by Gasteiger charge is -2.33. The Hall–Kier alpha value is -1.36. The van der Waals surface area contributed by atoms with Gasteiger partial charge in [0.1, 0.15) is 5.69 Å². The number of carbonyl (C=O) groups is 1. The van der Waals surface area contributed by atoms with Crippen LogP contribution in [0.4, 0.5) is 0 Å². The van der Waals surface area contributed by atoms with Crippen LogP contribution in [0.5, 0.6) is 0 Å². The van der Waals surface area contributed by atoms with Crippen LogP contribution in [0.25, 0.3) is 0 Å². The summed E-state index contributed by atoms with van der Waals surface area (Å²) in [5.41, 5.74) is 6.52. The number of hydrogen-bond donors (Lipinski definition) is 1. The van der Waals surface area contributed by atoms with Crippen molar-refractivity contribution in [3.63, 3.8) is 0 Å². The van der Waals surface area contributed by atoms with E-state index in [1.165, 1.54) is 0 Å².